The van der Waals surface area contributed by atoms with Crippen LogP contribution in [0, 0.1) is 17.2 Å². The average molecular weight is 234 g/mol. The fourth-order valence-electron chi connectivity index (χ4n) is 2.89. The van der Waals surface area contributed by atoms with Crippen molar-refractivity contribution in [1.29, 1.82) is 0 Å². The van der Waals surface area contributed by atoms with Gasteiger partial charge in [-0.2, -0.15) is 0 Å². The predicted octanol–water partition coefficient (Wildman–Crippen LogP) is 3.76. The van der Waals surface area contributed by atoms with Gasteiger partial charge in [-0.05, 0) is 36.0 Å². The van der Waals surface area contributed by atoms with Gasteiger partial charge in [-0.25, -0.2) is 4.39 Å². The van der Waals surface area contributed by atoms with Gasteiger partial charge in [0, 0.05) is 12.3 Å². The Balaban J connectivity index is 2.07. The smallest absolute Gasteiger partial charge is 0.140 e. The largest absolute Gasteiger partial charge is 0.299 e. The van der Waals surface area contributed by atoms with E-state index < -0.39 is 0 Å². The molecule has 1 aliphatic rings. The summed E-state index contributed by atoms with van der Waals surface area (Å²) in [6.45, 7) is 4.32. The zero-order valence-electron chi connectivity index (χ0n) is 10.5. The van der Waals surface area contributed by atoms with E-state index in [0.717, 1.165) is 24.8 Å². The van der Waals surface area contributed by atoms with Crippen molar-refractivity contribution >= 4 is 5.78 Å². The van der Waals surface area contributed by atoms with Crippen molar-refractivity contribution in [3.63, 3.8) is 0 Å². The molecule has 2 rings (SSSR count). The van der Waals surface area contributed by atoms with E-state index in [1.165, 1.54) is 12.1 Å². The van der Waals surface area contributed by atoms with Gasteiger partial charge in [-0.15, -0.1) is 0 Å². The van der Waals surface area contributed by atoms with E-state index in [2.05, 4.69) is 13.8 Å². The molecular formula is C15H19FO. The fraction of sp³-hybridized carbons (Fsp3) is 0.533. The topological polar surface area (TPSA) is 17.1 Å². The molecule has 1 atom stereocenters. The summed E-state index contributed by atoms with van der Waals surface area (Å²) in [6, 6.07) is 6.36. The second kappa shape index (κ2) is 4.59. The number of rotatable bonds is 3. The molecule has 92 valence electrons. The lowest BCUT2D eigenvalue weighted by Gasteiger charge is -2.25. The van der Waals surface area contributed by atoms with E-state index >= 15 is 0 Å². The van der Waals surface area contributed by atoms with Crippen molar-refractivity contribution in [1.82, 2.24) is 0 Å². The minimum absolute atomic E-state index is 0.115. The Kier molecular flexibility index (Phi) is 3.32. The Morgan fingerprint density at radius 1 is 1.47 bits per heavy atom. The number of halogens is 1. The van der Waals surface area contributed by atoms with E-state index in [1.54, 1.807) is 6.07 Å². The maximum atomic E-state index is 13.0. The molecule has 0 radical (unpaired) electrons. The van der Waals surface area contributed by atoms with Gasteiger partial charge < -0.3 is 0 Å². The normalized spacial score (nSPS) is 22.6. The number of hydrogen-bond acceptors (Lipinski definition) is 1. The lowest BCUT2D eigenvalue weighted by atomic mass is 9.78. The van der Waals surface area contributed by atoms with Crippen molar-refractivity contribution < 1.29 is 9.18 Å². The van der Waals surface area contributed by atoms with Crippen LogP contribution in [0.25, 0.3) is 0 Å². The van der Waals surface area contributed by atoms with Gasteiger partial charge in [0.2, 0.25) is 0 Å². The molecule has 1 aromatic rings. The first-order valence-electron chi connectivity index (χ1n) is 6.26. The van der Waals surface area contributed by atoms with E-state index in [4.69, 9.17) is 0 Å². The van der Waals surface area contributed by atoms with Crippen molar-refractivity contribution in [2.24, 2.45) is 11.3 Å². The third kappa shape index (κ3) is 2.74. The Morgan fingerprint density at radius 3 is 2.82 bits per heavy atom. The summed E-state index contributed by atoms with van der Waals surface area (Å²) in [6.07, 6.45) is 3.60. The summed E-state index contributed by atoms with van der Waals surface area (Å²) in [5, 5.41) is 0. The lowest BCUT2D eigenvalue weighted by Crippen LogP contribution is -2.27. The lowest BCUT2D eigenvalue weighted by molar-refractivity contribution is -0.124. The Hall–Kier alpha value is -1.18. The molecule has 0 aromatic heterocycles. The molecule has 1 nitrogen and oxygen atoms in total. The molecule has 1 aromatic carbocycles. The first-order chi connectivity index (χ1) is 7.99. The van der Waals surface area contributed by atoms with E-state index in [-0.39, 0.29) is 22.9 Å². The van der Waals surface area contributed by atoms with Crippen LogP contribution in [0.5, 0.6) is 0 Å². The number of Topliss-reactive ketones (excluding diaryl/α,β-unsaturated/α-hetero) is 1. The van der Waals surface area contributed by atoms with Crippen LogP contribution >= 0.6 is 0 Å². The van der Waals surface area contributed by atoms with Crippen LogP contribution in [-0.2, 0) is 11.2 Å². The summed E-state index contributed by atoms with van der Waals surface area (Å²) in [5.74, 6) is 0.143. The highest BCUT2D eigenvalue weighted by Gasteiger charge is 2.38. The number of carbonyl (C=O) groups excluding carboxylic acids is 1. The molecule has 1 fully saturated rings. The van der Waals surface area contributed by atoms with Gasteiger partial charge in [-0.1, -0.05) is 32.4 Å². The second-order valence-electron chi connectivity index (χ2n) is 5.71. The van der Waals surface area contributed by atoms with E-state index in [1.807, 2.05) is 6.07 Å². The summed E-state index contributed by atoms with van der Waals surface area (Å²) in [4.78, 5) is 12.2. The Labute approximate surface area is 102 Å². The summed E-state index contributed by atoms with van der Waals surface area (Å²) < 4.78 is 13.0. The quantitative estimate of drug-likeness (QED) is 0.778. The molecule has 1 aliphatic carbocycles. The van der Waals surface area contributed by atoms with Crippen molar-refractivity contribution in [3.05, 3.63) is 35.6 Å². The monoisotopic (exact) mass is 234 g/mol. The number of hydrogen-bond donors (Lipinski definition) is 0. The van der Waals surface area contributed by atoms with Crippen LogP contribution in [0.3, 0.4) is 0 Å². The SMILES string of the molecule is CC1(C)CCCC1C(=O)Cc1cccc(F)c1. The number of carbonyl (C=O) groups is 1. The van der Waals surface area contributed by atoms with Crippen molar-refractivity contribution in [2.75, 3.05) is 0 Å². The second-order valence-corrected chi connectivity index (χ2v) is 5.71. The van der Waals surface area contributed by atoms with Crippen LogP contribution in [-0.4, -0.2) is 5.78 Å². The van der Waals surface area contributed by atoms with E-state index in [0.29, 0.717) is 6.42 Å². The first kappa shape index (κ1) is 12.3. The minimum Gasteiger partial charge on any atom is -0.299 e. The van der Waals surface area contributed by atoms with Gasteiger partial charge in [0.1, 0.15) is 11.6 Å². The van der Waals surface area contributed by atoms with E-state index in [9.17, 15) is 9.18 Å². The Morgan fingerprint density at radius 2 is 2.24 bits per heavy atom. The molecule has 0 aliphatic heterocycles. The highest BCUT2D eigenvalue weighted by atomic mass is 19.1. The van der Waals surface area contributed by atoms with Crippen LogP contribution in [0.4, 0.5) is 4.39 Å². The van der Waals surface area contributed by atoms with Crippen LogP contribution in [0.2, 0.25) is 0 Å². The summed E-state index contributed by atoms with van der Waals surface area (Å²) >= 11 is 0. The molecule has 2 heteroatoms. The predicted molar refractivity (Wildman–Crippen MR) is 66.2 cm³/mol. The molecular weight excluding hydrogens is 215 g/mol. The maximum Gasteiger partial charge on any atom is 0.140 e. The van der Waals surface area contributed by atoms with Crippen LogP contribution in [0.15, 0.2) is 24.3 Å². The zero-order chi connectivity index (χ0) is 12.5. The maximum absolute atomic E-state index is 13.0. The molecule has 0 amide bonds. The van der Waals surface area contributed by atoms with Gasteiger partial charge >= 0.3 is 0 Å². The molecule has 0 N–H and O–H groups in total. The third-order valence-electron chi connectivity index (χ3n) is 3.91. The molecule has 0 bridgehead atoms. The summed E-state index contributed by atoms with van der Waals surface area (Å²) in [5.41, 5.74) is 0.905. The number of benzene rings is 1. The highest BCUT2D eigenvalue weighted by Crippen LogP contribution is 2.43. The number of ketones is 1. The van der Waals surface area contributed by atoms with Crippen LogP contribution in [0.1, 0.15) is 38.7 Å². The molecule has 1 unspecified atom stereocenters. The molecule has 0 heterocycles. The molecule has 0 spiro atoms. The standard InChI is InChI=1S/C15H19FO/c1-15(2)8-4-7-13(15)14(17)10-11-5-3-6-12(16)9-11/h3,5-6,9,13H,4,7-8,10H2,1-2H3. The first-order valence-corrected chi connectivity index (χ1v) is 6.26. The van der Waals surface area contributed by atoms with Gasteiger partial charge in [0.05, 0.1) is 0 Å². The van der Waals surface area contributed by atoms with Gasteiger partial charge in [0.15, 0.2) is 0 Å². The molecule has 0 saturated heterocycles. The Bertz CT molecular complexity index is 423. The zero-order valence-corrected chi connectivity index (χ0v) is 10.5. The van der Waals surface area contributed by atoms with Gasteiger partial charge in [0.25, 0.3) is 0 Å². The molecule has 17 heavy (non-hydrogen) atoms. The summed E-state index contributed by atoms with van der Waals surface area (Å²) in [7, 11) is 0. The highest BCUT2D eigenvalue weighted by molar-refractivity contribution is 5.84. The van der Waals surface area contributed by atoms with Crippen molar-refractivity contribution in [2.45, 2.75) is 39.5 Å². The average Bonchev–Trinajstić information content (AvgIpc) is 2.58. The van der Waals surface area contributed by atoms with Crippen LogP contribution < -0.4 is 0 Å². The van der Waals surface area contributed by atoms with Crippen molar-refractivity contribution in [3.8, 4) is 0 Å². The van der Waals surface area contributed by atoms with Gasteiger partial charge in [-0.3, -0.25) is 4.79 Å². The third-order valence-corrected chi connectivity index (χ3v) is 3.91. The minimum atomic E-state index is -0.263. The molecule has 1 saturated carbocycles. The fourth-order valence-corrected chi connectivity index (χ4v) is 2.89.